The quantitative estimate of drug-likeness (QED) is 0.840. The number of carbonyl (C=O) groups excluding carboxylic acids is 1. The van der Waals surface area contributed by atoms with Gasteiger partial charge in [0.05, 0.1) is 0 Å². The summed E-state index contributed by atoms with van der Waals surface area (Å²) in [5.74, 6) is -0.167. The van der Waals surface area contributed by atoms with Gasteiger partial charge in [0.25, 0.3) is 0 Å². The Hall–Kier alpha value is -1.40. The van der Waals surface area contributed by atoms with Crippen LogP contribution in [0.15, 0.2) is 24.3 Å². The van der Waals surface area contributed by atoms with E-state index in [2.05, 4.69) is 15.4 Å². The lowest BCUT2D eigenvalue weighted by atomic mass is 10.3. The normalized spacial score (nSPS) is 9.78. The van der Waals surface area contributed by atoms with E-state index in [0.29, 0.717) is 18.7 Å². The summed E-state index contributed by atoms with van der Waals surface area (Å²) in [6.45, 7) is -2.32. The molecule has 1 aromatic rings. The Kier molecular flexibility index (Phi) is 7.98. The Bertz CT molecular complexity index is 378. The van der Waals surface area contributed by atoms with Gasteiger partial charge >= 0.3 is 6.61 Å². The van der Waals surface area contributed by atoms with Crippen molar-refractivity contribution in [3.05, 3.63) is 24.3 Å². The van der Waals surface area contributed by atoms with E-state index >= 15 is 0 Å². The summed E-state index contributed by atoms with van der Waals surface area (Å²) in [4.78, 5) is 11.4. The highest BCUT2D eigenvalue weighted by atomic mass is 35.5. The molecule has 0 aliphatic rings. The third kappa shape index (κ3) is 6.36. The van der Waals surface area contributed by atoms with E-state index in [-0.39, 0.29) is 24.1 Å². The highest BCUT2D eigenvalue weighted by Gasteiger charge is 2.06. The molecule has 0 bridgehead atoms. The van der Waals surface area contributed by atoms with E-state index in [9.17, 15) is 13.6 Å². The van der Waals surface area contributed by atoms with Gasteiger partial charge in [-0.3, -0.25) is 4.79 Å². The van der Waals surface area contributed by atoms with Crippen molar-refractivity contribution in [3.8, 4) is 5.75 Å². The molecule has 0 radical (unpaired) electrons. The Balaban J connectivity index is 0.00000289. The second kappa shape index (κ2) is 8.66. The van der Waals surface area contributed by atoms with Crippen LogP contribution in [0.5, 0.6) is 5.75 Å². The molecule has 0 saturated carbocycles. The van der Waals surface area contributed by atoms with E-state index in [0.717, 1.165) is 0 Å². The lowest BCUT2D eigenvalue weighted by molar-refractivity contribution is -0.116. The van der Waals surface area contributed by atoms with Crippen LogP contribution < -0.4 is 15.4 Å². The molecule has 7 heteroatoms. The molecule has 102 valence electrons. The monoisotopic (exact) mass is 280 g/mol. The molecule has 2 N–H and O–H groups in total. The molecule has 0 aliphatic heterocycles. The highest BCUT2D eigenvalue weighted by molar-refractivity contribution is 5.90. The lowest BCUT2D eigenvalue weighted by Crippen LogP contribution is -2.18. The molecule has 1 amide bonds. The number of rotatable bonds is 6. The fourth-order valence-electron chi connectivity index (χ4n) is 1.21. The molecule has 0 fully saturated rings. The standard InChI is InChI=1S/C11H14F2N2O2.ClH/c1-14-6-5-10(16)15-8-3-2-4-9(7-8)17-11(12)13;/h2-4,7,11,14H,5-6H2,1H3,(H,15,16);1H. The maximum Gasteiger partial charge on any atom is 0.387 e. The number of halogens is 3. The fraction of sp³-hybridized carbons (Fsp3) is 0.364. The van der Waals surface area contributed by atoms with Crippen LogP contribution in [0.1, 0.15) is 6.42 Å². The highest BCUT2D eigenvalue weighted by Crippen LogP contribution is 2.19. The van der Waals surface area contributed by atoms with Gasteiger partial charge in [0.2, 0.25) is 5.91 Å². The molecule has 0 spiro atoms. The molecule has 0 heterocycles. The molecule has 1 aromatic carbocycles. The van der Waals surface area contributed by atoms with Gasteiger partial charge in [0.15, 0.2) is 0 Å². The summed E-state index contributed by atoms with van der Waals surface area (Å²) in [7, 11) is 1.74. The predicted molar refractivity (Wildman–Crippen MR) is 67.5 cm³/mol. The molecule has 0 aromatic heterocycles. The zero-order valence-corrected chi connectivity index (χ0v) is 10.6. The molecule has 0 unspecified atom stereocenters. The number of alkyl halides is 2. The maximum absolute atomic E-state index is 12.0. The molecule has 18 heavy (non-hydrogen) atoms. The first-order valence-corrected chi connectivity index (χ1v) is 5.11. The van der Waals surface area contributed by atoms with Gasteiger partial charge in [-0.05, 0) is 19.2 Å². The number of ether oxygens (including phenoxy) is 1. The van der Waals surface area contributed by atoms with Crippen LogP contribution in [-0.4, -0.2) is 26.1 Å². The summed E-state index contributed by atoms with van der Waals surface area (Å²) in [5, 5.41) is 5.42. The summed E-state index contributed by atoms with van der Waals surface area (Å²) >= 11 is 0. The number of carbonyl (C=O) groups is 1. The van der Waals surface area contributed by atoms with Crippen molar-refractivity contribution in [2.45, 2.75) is 13.0 Å². The first-order chi connectivity index (χ1) is 8.11. The van der Waals surface area contributed by atoms with E-state index in [4.69, 9.17) is 0 Å². The Labute approximate surface area is 110 Å². The third-order valence-corrected chi connectivity index (χ3v) is 1.95. The number of benzene rings is 1. The smallest absolute Gasteiger partial charge is 0.387 e. The second-order valence-electron chi connectivity index (χ2n) is 3.31. The van der Waals surface area contributed by atoms with Crippen molar-refractivity contribution in [2.75, 3.05) is 18.9 Å². The van der Waals surface area contributed by atoms with Gasteiger partial charge in [-0.2, -0.15) is 8.78 Å². The maximum atomic E-state index is 12.0. The first-order valence-electron chi connectivity index (χ1n) is 5.11. The van der Waals surface area contributed by atoms with Crippen LogP contribution in [0.3, 0.4) is 0 Å². The van der Waals surface area contributed by atoms with Crippen molar-refractivity contribution >= 4 is 24.0 Å². The predicted octanol–water partition coefficient (Wildman–Crippen LogP) is 2.26. The van der Waals surface area contributed by atoms with Gasteiger partial charge in [-0.25, -0.2) is 0 Å². The number of hydrogen-bond donors (Lipinski definition) is 2. The summed E-state index contributed by atoms with van der Waals surface area (Å²) in [6, 6.07) is 5.89. The van der Waals surface area contributed by atoms with Crippen LogP contribution >= 0.6 is 12.4 Å². The SMILES string of the molecule is CNCCC(=O)Nc1cccc(OC(F)F)c1.Cl. The van der Waals surface area contributed by atoms with Crippen LogP contribution in [-0.2, 0) is 4.79 Å². The molecular formula is C11H15ClF2N2O2. The van der Waals surface area contributed by atoms with Crippen molar-refractivity contribution in [3.63, 3.8) is 0 Å². The Morgan fingerprint density at radius 2 is 2.17 bits per heavy atom. The van der Waals surface area contributed by atoms with E-state index in [1.807, 2.05) is 0 Å². The van der Waals surface area contributed by atoms with Crippen LogP contribution in [0, 0.1) is 0 Å². The minimum atomic E-state index is -2.87. The summed E-state index contributed by atoms with van der Waals surface area (Å²) < 4.78 is 28.1. The molecular weight excluding hydrogens is 266 g/mol. The number of anilines is 1. The average Bonchev–Trinajstić information content (AvgIpc) is 2.26. The van der Waals surface area contributed by atoms with Gasteiger partial charge in [-0.15, -0.1) is 12.4 Å². The zero-order chi connectivity index (χ0) is 12.7. The third-order valence-electron chi connectivity index (χ3n) is 1.95. The minimum absolute atomic E-state index is 0. The molecule has 0 saturated heterocycles. The van der Waals surface area contributed by atoms with Gasteiger partial charge in [0, 0.05) is 24.7 Å². The lowest BCUT2D eigenvalue weighted by Gasteiger charge is -2.08. The summed E-state index contributed by atoms with van der Waals surface area (Å²) in [6.07, 6.45) is 0.316. The van der Waals surface area contributed by atoms with Gasteiger partial charge in [-0.1, -0.05) is 6.07 Å². The number of hydrogen-bond acceptors (Lipinski definition) is 3. The molecule has 4 nitrogen and oxygen atoms in total. The Morgan fingerprint density at radius 3 is 2.78 bits per heavy atom. The van der Waals surface area contributed by atoms with Crippen LogP contribution in [0.4, 0.5) is 14.5 Å². The summed E-state index contributed by atoms with van der Waals surface area (Å²) in [5.41, 5.74) is 0.434. The minimum Gasteiger partial charge on any atom is -0.435 e. The number of nitrogens with one attached hydrogen (secondary N) is 2. The van der Waals surface area contributed by atoms with Gasteiger partial charge in [0.1, 0.15) is 5.75 Å². The fourth-order valence-corrected chi connectivity index (χ4v) is 1.21. The van der Waals surface area contributed by atoms with Crippen molar-refractivity contribution in [1.29, 1.82) is 0 Å². The van der Waals surface area contributed by atoms with Crippen molar-refractivity contribution in [1.82, 2.24) is 5.32 Å². The molecule has 1 rings (SSSR count). The topological polar surface area (TPSA) is 50.4 Å². The Morgan fingerprint density at radius 1 is 1.44 bits per heavy atom. The van der Waals surface area contributed by atoms with Crippen molar-refractivity contribution < 1.29 is 18.3 Å². The van der Waals surface area contributed by atoms with E-state index < -0.39 is 6.61 Å². The first kappa shape index (κ1) is 16.6. The largest absolute Gasteiger partial charge is 0.435 e. The van der Waals surface area contributed by atoms with Crippen molar-refractivity contribution in [2.24, 2.45) is 0 Å². The molecule has 0 aliphatic carbocycles. The number of amides is 1. The molecule has 0 atom stereocenters. The average molecular weight is 281 g/mol. The van der Waals surface area contributed by atoms with Crippen LogP contribution in [0.2, 0.25) is 0 Å². The van der Waals surface area contributed by atoms with Gasteiger partial charge < -0.3 is 15.4 Å². The second-order valence-corrected chi connectivity index (χ2v) is 3.31. The zero-order valence-electron chi connectivity index (χ0n) is 9.78. The van der Waals surface area contributed by atoms with E-state index in [1.165, 1.54) is 18.2 Å². The van der Waals surface area contributed by atoms with Crippen LogP contribution in [0.25, 0.3) is 0 Å². The van der Waals surface area contributed by atoms with E-state index in [1.54, 1.807) is 13.1 Å².